The highest BCUT2D eigenvalue weighted by atomic mass is 16.3. The van der Waals surface area contributed by atoms with E-state index in [1.807, 2.05) is 0 Å². The van der Waals surface area contributed by atoms with E-state index in [-0.39, 0.29) is 5.41 Å². The fourth-order valence-electron chi connectivity index (χ4n) is 3.15. The van der Waals surface area contributed by atoms with E-state index in [0.29, 0.717) is 6.61 Å². The molecule has 1 N–H and O–H groups in total. The number of benzene rings is 1. The van der Waals surface area contributed by atoms with Gasteiger partial charge in [0.15, 0.2) is 0 Å². The molecule has 0 spiro atoms. The zero-order valence-corrected chi connectivity index (χ0v) is 11.2. The Labute approximate surface area is 110 Å². The number of hydrogen-bond acceptors (Lipinski definition) is 2. The Morgan fingerprint density at radius 2 is 2.00 bits per heavy atom. The largest absolute Gasteiger partial charge is 0.395 e. The number of likely N-dealkylation sites (tertiary alicyclic amines) is 1. The Morgan fingerprint density at radius 1 is 1.28 bits per heavy atom. The molecule has 1 aliphatic carbocycles. The fourth-order valence-corrected chi connectivity index (χ4v) is 3.15. The summed E-state index contributed by atoms with van der Waals surface area (Å²) in [5.41, 5.74) is 2.96. The molecule has 2 aliphatic rings. The lowest BCUT2D eigenvalue weighted by atomic mass is 9.86. The molecular formula is C16H23NO. The van der Waals surface area contributed by atoms with Gasteiger partial charge >= 0.3 is 0 Å². The molecule has 0 radical (unpaired) electrons. The highest BCUT2D eigenvalue weighted by Gasteiger charge is 2.43. The molecule has 0 aromatic heterocycles. The Bertz CT molecular complexity index is 417. The topological polar surface area (TPSA) is 23.5 Å². The predicted molar refractivity (Wildman–Crippen MR) is 73.9 cm³/mol. The third-order valence-corrected chi connectivity index (χ3v) is 4.85. The van der Waals surface area contributed by atoms with Gasteiger partial charge in [0.25, 0.3) is 0 Å². The first-order chi connectivity index (χ1) is 8.73. The summed E-state index contributed by atoms with van der Waals surface area (Å²) in [6.45, 7) is 2.73. The van der Waals surface area contributed by atoms with Crippen molar-refractivity contribution in [3.8, 4) is 0 Å². The number of rotatable bonds is 3. The molecule has 3 rings (SSSR count). The molecule has 2 fully saturated rings. The van der Waals surface area contributed by atoms with Gasteiger partial charge in [-0.1, -0.05) is 24.3 Å². The van der Waals surface area contributed by atoms with Gasteiger partial charge in [-0.25, -0.2) is 0 Å². The lowest BCUT2D eigenvalue weighted by Crippen LogP contribution is -2.29. The first-order valence-electron chi connectivity index (χ1n) is 7.13. The van der Waals surface area contributed by atoms with Gasteiger partial charge in [0.1, 0.15) is 0 Å². The molecule has 18 heavy (non-hydrogen) atoms. The second kappa shape index (κ2) is 4.67. The third kappa shape index (κ3) is 2.19. The van der Waals surface area contributed by atoms with E-state index in [0.717, 1.165) is 18.8 Å². The molecule has 1 saturated heterocycles. The number of aliphatic hydroxyl groups is 1. The van der Waals surface area contributed by atoms with E-state index >= 15 is 0 Å². The number of nitrogens with zero attached hydrogens (tertiary/aromatic N) is 1. The van der Waals surface area contributed by atoms with Crippen LogP contribution in [0, 0.1) is 0 Å². The summed E-state index contributed by atoms with van der Waals surface area (Å²) in [5, 5.41) is 9.54. The smallest absolute Gasteiger partial charge is 0.0527 e. The van der Waals surface area contributed by atoms with Crippen molar-refractivity contribution in [2.45, 2.75) is 37.0 Å². The van der Waals surface area contributed by atoms with Crippen molar-refractivity contribution < 1.29 is 5.11 Å². The zero-order chi connectivity index (χ0) is 12.6. The monoisotopic (exact) mass is 245 g/mol. The molecule has 1 aliphatic heterocycles. The van der Waals surface area contributed by atoms with Crippen LogP contribution in [-0.4, -0.2) is 36.8 Å². The molecule has 2 heteroatoms. The third-order valence-electron chi connectivity index (χ3n) is 4.85. The normalized spacial score (nSPS) is 24.1. The van der Waals surface area contributed by atoms with Gasteiger partial charge in [0.2, 0.25) is 0 Å². The summed E-state index contributed by atoms with van der Waals surface area (Å²) >= 11 is 0. The molecule has 1 heterocycles. The molecule has 0 unspecified atom stereocenters. The van der Waals surface area contributed by atoms with E-state index < -0.39 is 0 Å². The van der Waals surface area contributed by atoms with Crippen LogP contribution in [0.3, 0.4) is 0 Å². The summed E-state index contributed by atoms with van der Waals surface area (Å²) < 4.78 is 0. The van der Waals surface area contributed by atoms with Crippen LogP contribution in [-0.2, 0) is 5.41 Å². The van der Waals surface area contributed by atoms with Crippen molar-refractivity contribution in [2.75, 3.05) is 26.7 Å². The minimum Gasteiger partial charge on any atom is -0.395 e. The van der Waals surface area contributed by atoms with Gasteiger partial charge in [-0.2, -0.15) is 0 Å². The molecule has 0 bridgehead atoms. The van der Waals surface area contributed by atoms with Gasteiger partial charge < -0.3 is 10.0 Å². The van der Waals surface area contributed by atoms with Crippen molar-refractivity contribution in [1.82, 2.24) is 4.90 Å². The van der Waals surface area contributed by atoms with Crippen molar-refractivity contribution in [3.63, 3.8) is 0 Å². The van der Waals surface area contributed by atoms with E-state index in [4.69, 9.17) is 0 Å². The van der Waals surface area contributed by atoms with Gasteiger partial charge in [-0.05, 0) is 62.9 Å². The predicted octanol–water partition coefficient (Wildman–Crippen LogP) is 2.52. The molecule has 0 amide bonds. The molecule has 1 saturated carbocycles. The number of piperidine rings is 1. The average molecular weight is 245 g/mol. The van der Waals surface area contributed by atoms with Gasteiger partial charge in [-0.15, -0.1) is 0 Å². The highest BCUT2D eigenvalue weighted by Crippen LogP contribution is 2.48. The summed E-state index contributed by atoms with van der Waals surface area (Å²) in [7, 11) is 2.21. The van der Waals surface area contributed by atoms with E-state index in [9.17, 15) is 5.11 Å². The van der Waals surface area contributed by atoms with E-state index in [2.05, 4.69) is 36.2 Å². The minimum absolute atomic E-state index is 0.113. The van der Waals surface area contributed by atoms with E-state index in [1.54, 1.807) is 0 Å². The molecule has 98 valence electrons. The Morgan fingerprint density at radius 3 is 2.61 bits per heavy atom. The lowest BCUT2D eigenvalue weighted by Gasteiger charge is -2.29. The summed E-state index contributed by atoms with van der Waals surface area (Å²) in [6, 6.07) is 9.01. The van der Waals surface area contributed by atoms with Crippen LogP contribution in [0.4, 0.5) is 0 Å². The Balaban J connectivity index is 1.79. The van der Waals surface area contributed by atoms with Crippen LogP contribution in [0.2, 0.25) is 0 Å². The molecule has 2 nitrogen and oxygen atoms in total. The van der Waals surface area contributed by atoms with Crippen molar-refractivity contribution in [1.29, 1.82) is 0 Å². The first-order valence-corrected chi connectivity index (χ1v) is 7.13. The van der Waals surface area contributed by atoms with Crippen LogP contribution in [0.1, 0.15) is 42.7 Å². The first kappa shape index (κ1) is 12.2. The molecule has 0 atom stereocenters. The standard InChI is InChI=1S/C16H23NO/c1-17-9-5-13(6-10-17)14-3-2-4-15(11-14)16(12-18)7-8-16/h2-4,11,13,18H,5-10,12H2,1H3. The van der Waals surface area contributed by atoms with Crippen LogP contribution < -0.4 is 0 Å². The maximum Gasteiger partial charge on any atom is 0.0527 e. The SMILES string of the molecule is CN1CCC(c2cccc(C3(CO)CC3)c2)CC1. The second-order valence-corrected chi connectivity index (χ2v) is 6.14. The van der Waals surface area contributed by atoms with Gasteiger partial charge in [-0.3, -0.25) is 0 Å². The minimum atomic E-state index is 0.113. The van der Waals surface area contributed by atoms with Crippen molar-refractivity contribution >= 4 is 0 Å². The maximum absolute atomic E-state index is 9.54. The summed E-state index contributed by atoms with van der Waals surface area (Å²) in [5.74, 6) is 0.718. The van der Waals surface area contributed by atoms with Gasteiger partial charge in [0, 0.05) is 5.41 Å². The maximum atomic E-state index is 9.54. The Kier molecular flexibility index (Phi) is 3.16. The number of aliphatic hydroxyl groups excluding tert-OH is 1. The molecule has 1 aromatic carbocycles. The lowest BCUT2D eigenvalue weighted by molar-refractivity contribution is 0.252. The van der Waals surface area contributed by atoms with Crippen molar-refractivity contribution in [3.05, 3.63) is 35.4 Å². The molecular weight excluding hydrogens is 222 g/mol. The van der Waals surface area contributed by atoms with Crippen LogP contribution in [0.5, 0.6) is 0 Å². The number of hydrogen-bond donors (Lipinski definition) is 1. The van der Waals surface area contributed by atoms with E-state index in [1.165, 1.54) is 37.1 Å². The van der Waals surface area contributed by atoms with Gasteiger partial charge in [0.05, 0.1) is 6.61 Å². The molecule has 1 aromatic rings. The fraction of sp³-hybridized carbons (Fsp3) is 0.625. The second-order valence-electron chi connectivity index (χ2n) is 6.14. The summed E-state index contributed by atoms with van der Waals surface area (Å²) in [4.78, 5) is 2.41. The van der Waals surface area contributed by atoms with Crippen LogP contribution in [0.25, 0.3) is 0 Å². The Hall–Kier alpha value is -0.860. The zero-order valence-electron chi connectivity index (χ0n) is 11.2. The quantitative estimate of drug-likeness (QED) is 0.884. The summed E-state index contributed by atoms with van der Waals surface area (Å²) in [6.07, 6.45) is 4.85. The van der Waals surface area contributed by atoms with Crippen LogP contribution >= 0.6 is 0 Å². The van der Waals surface area contributed by atoms with Crippen molar-refractivity contribution in [2.24, 2.45) is 0 Å². The average Bonchev–Trinajstić information content (AvgIpc) is 3.21. The highest BCUT2D eigenvalue weighted by molar-refractivity contribution is 5.36. The van der Waals surface area contributed by atoms with Crippen LogP contribution in [0.15, 0.2) is 24.3 Å².